The fraction of sp³-hybridized carbons (Fsp3) is 0.591. The highest BCUT2D eigenvalue weighted by atomic mass is 16.2. The largest absolute Gasteiger partial charge is 0.340 e. The molecule has 0 N–H and O–H groups in total. The zero-order valence-corrected chi connectivity index (χ0v) is 17.2. The quantitative estimate of drug-likeness (QED) is 0.733. The third kappa shape index (κ3) is 4.01. The van der Waals surface area contributed by atoms with Gasteiger partial charge in [0, 0.05) is 52.2 Å². The molecule has 1 amide bonds. The number of nitrogens with zero attached hydrogens (tertiary/aromatic N) is 4. The number of hydrogen-bond acceptors (Lipinski definition) is 4. The van der Waals surface area contributed by atoms with E-state index in [1.54, 1.807) is 7.05 Å². The van der Waals surface area contributed by atoms with E-state index in [-0.39, 0.29) is 18.9 Å². The number of carbonyl (C=O) groups is 1. The zero-order chi connectivity index (χ0) is 20.4. The van der Waals surface area contributed by atoms with Gasteiger partial charge in [0.05, 0.1) is 11.0 Å². The van der Waals surface area contributed by atoms with Crippen molar-refractivity contribution in [2.24, 2.45) is 7.05 Å². The van der Waals surface area contributed by atoms with Crippen LogP contribution in [0.4, 0.5) is 0 Å². The molecular formula is C22H30N4O3. The lowest BCUT2D eigenvalue weighted by Gasteiger charge is -2.40. The number of para-hydroxylation sites is 2. The Labute approximate surface area is 170 Å². The van der Waals surface area contributed by atoms with Gasteiger partial charge in [-0.1, -0.05) is 31.4 Å². The Bertz CT molecular complexity index is 995. The fourth-order valence-electron chi connectivity index (χ4n) is 4.82. The Morgan fingerprint density at radius 2 is 1.59 bits per heavy atom. The summed E-state index contributed by atoms with van der Waals surface area (Å²) in [5.41, 5.74) is 0.263. The molecule has 0 radical (unpaired) electrons. The number of benzene rings is 1. The number of amides is 1. The van der Waals surface area contributed by atoms with E-state index in [1.807, 2.05) is 29.2 Å². The van der Waals surface area contributed by atoms with Crippen LogP contribution in [-0.2, 0) is 18.4 Å². The molecule has 1 aliphatic carbocycles. The Morgan fingerprint density at radius 3 is 2.28 bits per heavy atom. The molecule has 1 aromatic carbocycles. The van der Waals surface area contributed by atoms with E-state index in [4.69, 9.17) is 0 Å². The molecule has 156 valence electrons. The van der Waals surface area contributed by atoms with Gasteiger partial charge in [0.1, 0.15) is 0 Å². The highest BCUT2D eigenvalue weighted by Crippen LogP contribution is 2.23. The van der Waals surface area contributed by atoms with E-state index < -0.39 is 11.1 Å². The predicted octanol–water partition coefficient (Wildman–Crippen LogP) is 1.57. The summed E-state index contributed by atoms with van der Waals surface area (Å²) in [5, 5.41) is 0. The first-order valence-corrected chi connectivity index (χ1v) is 10.8. The fourth-order valence-corrected chi connectivity index (χ4v) is 4.82. The lowest BCUT2D eigenvalue weighted by molar-refractivity contribution is -0.133. The van der Waals surface area contributed by atoms with Gasteiger partial charge in [-0.3, -0.25) is 19.3 Å². The smallest absolute Gasteiger partial charge is 0.316 e. The molecule has 2 aromatic rings. The van der Waals surface area contributed by atoms with Gasteiger partial charge >= 0.3 is 11.1 Å². The Balaban J connectivity index is 1.41. The first kappa shape index (κ1) is 19.9. The summed E-state index contributed by atoms with van der Waals surface area (Å²) in [6.45, 7) is 3.61. The molecule has 7 heteroatoms. The summed E-state index contributed by atoms with van der Waals surface area (Å²) in [5.74, 6) is 0.0601. The SMILES string of the molecule is Cn1c(=O)c(=O)n(CCC(=O)N2CCN(C3CCCCC3)CC2)c2ccccc21. The van der Waals surface area contributed by atoms with Crippen molar-refractivity contribution in [2.75, 3.05) is 26.2 Å². The van der Waals surface area contributed by atoms with Gasteiger partial charge in [0.15, 0.2) is 0 Å². The number of aromatic nitrogens is 2. The number of fused-ring (bicyclic) bond motifs is 1. The molecule has 7 nitrogen and oxygen atoms in total. The monoisotopic (exact) mass is 398 g/mol. The van der Waals surface area contributed by atoms with Crippen LogP contribution in [0.3, 0.4) is 0 Å². The second kappa shape index (κ2) is 8.53. The van der Waals surface area contributed by atoms with Crippen molar-refractivity contribution >= 4 is 16.9 Å². The van der Waals surface area contributed by atoms with Gasteiger partial charge in [-0.25, -0.2) is 0 Å². The van der Waals surface area contributed by atoms with Crippen molar-refractivity contribution in [1.82, 2.24) is 18.9 Å². The maximum atomic E-state index is 12.8. The second-order valence-corrected chi connectivity index (χ2v) is 8.27. The van der Waals surface area contributed by atoms with Crippen molar-refractivity contribution in [3.8, 4) is 0 Å². The summed E-state index contributed by atoms with van der Waals surface area (Å²) in [6, 6.07) is 8.01. The molecule has 29 heavy (non-hydrogen) atoms. The van der Waals surface area contributed by atoms with Crippen molar-refractivity contribution in [1.29, 1.82) is 0 Å². The Hall–Kier alpha value is -2.41. The van der Waals surface area contributed by atoms with E-state index in [9.17, 15) is 14.4 Å². The van der Waals surface area contributed by atoms with Crippen molar-refractivity contribution in [2.45, 2.75) is 51.1 Å². The van der Waals surface area contributed by atoms with Crippen LogP contribution in [0.25, 0.3) is 11.0 Å². The maximum Gasteiger partial charge on any atom is 0.316 e. The minimum absolute atomic E-state index is 0.0601. The first-order valence-electron chi connectivity index (χ1n) is 10.8. The average Bonchev–Trinajstić information content (AvgIpc) is 2.78. The average molecular weight is 399 g/mol. The topological polar surface area (TPSA) is 67.5 Å². The van der Waals surface area contributed by atoms with Gasteiger partial charge in [-0.15, -0.1) is 0 Å². The molecule has 1 saturated heterocycles. The molecule has 1 saturated carbocycles. The normalized spacial score (nSPS) is 19.0. The van der Waals surface area contributed by atoms with E-state index >= 15 is 0 Å². The van der Waals surface area contributed by atoms with Gasteiger partial charge in [-0.2, -0.15) is 0 Å². The second-order valence-electron chi connectivity index (χ2n) is 8.27. The molecule has 2 fully saturated rings. The zero-order valence-electron chi connectivity index (χ0n) is 17.2. The first-order chi connectivity index (χ1) is 14.1. The molecule has 0 spiro atoms. The van der Waals surface area contributed by atoms with Crippen molar-refractivity contribution in [3.63, 3.8) is 0 Å². The van der Waals surface area contributed by atoms with Crippen molar-refractivity contribution in [3.05, 3.63) is 45.0 Å². The number of rotatable bonds is 4. The van der Waals surface area contributed by atoms with Crippen LogP contribution in [-0.4, -0.2) is 57.1 Å². The molecule has 4 rings (SSSR count). The molecular weight excluding hydrogens is 368 g/mol. The van der Waals surface area contributed by atoms with Gasteiger partial charge < -0.3 is 14.0 Å². The lowest BCUT2D eigenvalue weighted by Crippen LogP contribution is -2.52. The Morgan fingerprint density at radius 1 is 0.931 bits per heavy atom. The summed E-state index contributed by atoms with van der Waals surface area (Å²) >= 11 is 0. The molecule has 0 bridgehead atoms. The molecule has 1 aliphatic heterocycles. The third-order valence-electron chi connectivity index (χ3n) is 6.57. The van der Waals surface area contributed by atoms with E-state index in [1.165, 1.54) is 41.2 Å². The van der Waals surface area contributed by atoms with Crippen LogP contribution >= 0.6 is 0 Å². The minimum atomic E-state index is -0.568. The third-order valence-corrected chi connectivity index (χ3v) is 6.57. The van der Waals surface area contributed by atoms with Crippen LogP contribution in [0.15, 0.2) is 33.9 Å². The number of hydrogen-bond donors (Lipinski definition) is 0. The molecule has 2 aliphatic rings. The van der Waals surface area contributed by atoms with Crippen LogP contribution in [0.5, 0.6) is 0 Å². The van der Waals surface area contributed by atoms with E-state index in [0.29, 0.717) is 17.1 Å². The van der Waals surface area contributed by atoms with Gasteiger partial charge in [0.2, 0.25) is 5.91 Å². The van der Waals surface area contributed by atoms with Gasteiger partial charge in [0.25, 0.3) is 0 Å². The standard InChI is InChI=1S/C22H30N4O3/c1-23-18-9-5-6-10-19(18)26(22(29)21(23)28)12-11-20(27)25-15-13-24(14-16-25)17-7-3-2-4-8-17/h5-6,9-10,17H,2-4,7-8,11-16H2,1H3. The minimum Gasteiger partial charge on any atom is -0.340 e. The number of aryl methyl sites for hydroxylation is 2. The maximum absolute atomic E-state index is 12.8. The molecule has 1 aromatic heterocycles. The van der Waals surface area contributed by atoms with Crippen LogP contribution in [0.2, 0.25) is 0 Å². The number of piperazine rings is 1. The van der Waals surface area contributed by atoms with Crippen molar-refractivity contribution < 1.29 is 4.79 Å². The van der Waals surface area contributed by atoms with E-state index in [2.05, 4.69) is 4.90 Å². The predicted molar refractivity (Wildman–Crippen MR) is 113 cm³/mol. The van der Waals surface area contributed by atoms with Crippen LogP contribution < -0.4 is 11.1 Å². The summed E-state index contributed by atoms with van der Waals surface area (Å²) in [6.07, 6.45) is 6.80. The van der Waals surface area contributed by atoms with Crippen LogP contribution in [0.1, 0.15) is 38.5 Å². The lowest BCUT2D eigenvalue weighted by atomic mass is 9.94. The molecule has 2 heterocycles. The van der Waals surface area contributed by atoms with Gasteiger partial charge in [-0.05, 0) is 25.0 Å². The summed E-state index contributed by atoms with van der Waals surface area (Å²) < 4.78 is 2.83. The van der Waals surface area contributed by atoms with Crippen LogP contribution in [0, 0.1) is 0 Å². The highest BCUT2D eigenvalue weighted by molar-refractivity contribution is 5.77. The Kier molecular flexibility index (Phi) is 5.85. The molecule has 0 unspecified atom stereocenters. The summed E-state index contributed by atoms with van der Waals surface area (Å²) in [7, 11) is 1.60. The summed E-state index contributed by atoms with van der Waals surface area (Å²) in [4.78, 5) is 42.0. The highest BCUT2D eigenvalue weighted by Gasteiger charge is 2.27. The van der Waals surface area contributed by atoms with E-state index in [0.717, 1.165) is 26.2 Å². The molecule has 0 atom stereocenters. The number of carbonyl (C=O) groups excluding carboxylic acids is 1.